The van der Waals surface area contributed by atoms with E-state index in [-0.39, 0.29) is 0 Å². The minimum Gasteiger partial charge on any atom is -0.0955 e. The maximum atomic E-state index is 4.15. The van der Waals surface area contributed by atoms with Crippen LogP contribution in [0.1, 0.15) is 23.5 Å². The Balaban J connectivity index is 2.09. The van der Waals surface area contributed by atoms with Gasteiger partial charge in [0.25, 0.3) is 0 Å². The molecular weight excluding hydrogens is 168 g/mol. The van der Waals surface area contributed by atoms with Gasteiger partial charge in [-0.2, -0.15) is 0 Å². The van der Waals surface area contributed by atoms with Gasteiger partial charge in [0.05, 0.1) is 0 Å². The topological polar surface area (TPSA) is 0 Å². The van der Waals surface area contributed by atoms with Crippen molar-refractivity contribution in [2.75, 3.05) is 0 Å². The Morgan fingerprint density at radius 2 is 2.00 bits per heavy atom. The van der Waals surface area contributed by atoms with Gasteiger partial charge in [0.2, 0.25) is 0 Å². The molecule has 0 nitrogen and oxygen atoms in total. The first-order valence-electron chi connectivity index (χ1n) is 5.29. The summed E-state index contributed by atoms with van der Waals surface area (Å²) >= 11 is 0. The van der Waals surface area contributed by atoms with Crippen LogP contribution in [0.15, 0.2) is 48.6 Å². The van der Waals surface area contributed by atoms with E-state index in [4.69, 9.17) is 0 Å². The largest absolute Gasteiger partial charge is 0.0955 e. The van der Waals surface area contributed by atoms with Crippen molar-refractivity contribution in [3.63, 3.8) is 0 Å². The van der Waals surface area contributed by atoms with Crippen LogP contribution in [0.4, 0.5) is 0 Å². The van der Waals surface area contributed by atoms with Crippen molar-refractivity contribution in [1.82, 2.24) is 0 Å². The molecule has 0 radical (unpaired) electrons. The Morgan fingerprint density at radius 3 is 2.93 bits per heavy atom. The van der Waals surface area contributed by atoms with E-state index < -0.39 is 0 Å². The van der Waals surface area contributed by atoms with E-state index in [9.17, 15) is 0 Å². The summed E-state index contributed by atoms with van der Waals surface area (Å²) in [5, 5.41) is 0. The van der Waals surface area contributed by atoms with Crippen LogP contribution < -0.4 is 0 Å². The van der Waals surface area contributed by atoms with Crippen LogP contribution in [-0.2, 0) is 6.42 Å². The molecule has 3 rings (SSSR count). The molecule has 70 valence electrons. The standard InChI is InChI=1S/C14H14/c1-10-5-4-8-13-12-7-3-2-6-11(12)9-14(10)13/h2-7,13-14H,1,8-9H2. The molecule has 0 aliphatic heterocycles. The smallest absolute Gasteiger partial charge is 0.00527 e. The van der Waals surface area contributed by atoms with Crippen molar-refractivity contribution in [1.29, 1.82) is 0 Å². The molecule has 2 aliphatic carbocycles. The molecule has 14 heavy (non-hydrogen) atoms. The molecule has 0 saturated heterocycles. The van der Waals surface area contributed by atoms with Gasteiger partial charge < -0.3 is 0 Å². The number of hydrogen-bond donors (Lipinski definition) is 0. The molecule has 0 heteroatoms. The Hall–Kier alpha value is -1.30. The summed E-state index contributed by atoms with van der Waals surface area (Å²) in [7, 11) is 0. The summed E-state index contributed by atoms with van der Waals surface area (Å²) in [5.41, 5.74) is 4.41. The molecule has 0 aromatic heterocycles. The number of allylic oxidation sites excluding steroid dienone is 3. The lowest BCUT2D eigenvalue weighted by Gasteiger charge is -2.23. The minimum absolute atomic E-state index is 0.678. The van der Waals surface area contributed by atoms with Gasteiger partial charge in [-0.15, -0.1) is 0 Å². The average molecular weight is 182 g/mol. The lowest BCUT2D eigenvalue weighted by molar-refractivity contribution is 0.524. The van der Waals surface area contributed by atoms with Gasteiger partial charge >= 0.3 is 0 Å². The van der Waals surface area contributed by atoms with E-state index in [2.05, 4.69) is 43.0 Å². The van der Waals surface area contributed by atoms with Crippen LogP contribution >= 0.6 is 0 Å². The first kappa shape index (κ1) is 8.05. The van der Waals surface area contributed by atoms with Crippen molar-refractivity contribution in [3.05, 3.63) is 59.7 Å². The third-order valence-electron chi connectivity index (χ3n) is 3.58. The SMILES string of the molecule is C=C1C=CCC2c3ccccc3CC12. The zero-order valence-electron chi connectivity index (χ0n) is 8.24. The van der Waals surface area contributed by atoms with E-state index in [1.165, 1.54) is 24.0 Å². The predicted molar refractivity (Wildman–Crippen MR) is 59.3 cm³/mol. The van der Waals surface area contributed by atoms with E-state index in [1.807, 2.05) is 0 Å². The quantitative estimate of drug-likeness (QED) is 0.576. The Morgan fingerprint density at radius 1 is 1.14 bits per heavy atom. The highest BCUT2D eigenvalue weighted by atomic mass is 14.4. The van der Waals surface area contributed by atoms with E-state index in [0.717, 1.165) is 0 Å². The molecule has 0 saturated carbocycles. The van der Waals surface area contributed by atoms with Gasteiger partial charge in [-0.25, -0.2) is 0 Å². The summed E-state index contributed by atoms with van der Waals surface area (Å²) in [6.45, 7) is 4.15. The monoisotopic (exact) mass is 182 g/mol. The van der Waals surface area contributed by atoms with Gasteiger partial charge in [0.15, 0.2) is 0 Å². The molecular formula is C14H14. The van der Waals surface area contributed by atoms with Gasteiger partial charge in [-0.3, -0.25) is 0 Å². The molecule has 0 heterocycles. The molecule has 2 aliphatic rings. The van der Waals surface area contributed by atoms with Gasteiger partial charge in [-0.05, 0) is 35.8 Å². The zero-order valence-corrected chi connectivity index (χ0v) is 8.24. The van der Waals surface area contributed by atoms with Crippen LogP contribution in [0.3, 0.4) is 0 Å². The van der Waals surface area contributed by atoms with Crippen LogP contribution in [0.2, 0.25) is 0 Å². The van der Waals surface area contributed by atoms with Crippen LogP contribution in [0, 0.1) is 5.92 Å². The third kappa shape index (κ3) is 1.00. The number of benzene rings is 1. The average Bonchev–Trinajstić information content (AvgIpc) is 2.59. The summed E-state index contributed by atoms with van der Waals surface area (Å²) in [5.74, 6) is 1.39. The molecule has 0 amide bonds. The molecule has 0 bridgehead atoms. The summed E-state index contributed by atoms with van der Waals surface area (Å²) in [6, 6.07) is 8.85. The number of rotatable bonds is 0. The summed E-state index contributed by atoms with van der Waals surface area (Å²) < 4.78 is 0. The Labute approximate surface area is 85.0 Å². The highest BCUT2D eigenvalue weighted by Crippen LogP contribution is 2.45. The number of hydrogen-bond acceptors (Lipinski definition) is 0. The van der Waals surface area contributed by atoms with Gasteiger partial charge in [0.1, 0.15) is 0 Å². The van der Waals surface area contributed by atoms with Crippen LogP contribution in [0.25, 0.3) is 0 Å². The van der Waals surface area contributed by atoms with Gasteiger partial charge in [-0.1, -0.05) is 48.6 Å². The van der Waals surface area contributed by atoms with Crippen molar-refractivity contribution < 1.29 is 0 Å². The maximum absolute atomic E-state index is 4.15. The molecule has 0 spiro atoms. The van der Waals surface area contributed by atoms with Gasteiger partial charge in [0, 0.05) is 0 Å². The fourth-order valence-electron chi connectivity index (χ4n) is 2.85. The Bertz CT molecular complexity index is 412. The minimum atomic E-state index is 0.678. The molecule has 1 aromatic rings. The van der Waals surface area contributed by atoms with Crippen molar-refractivity contribution in [2.24, 2.45) is 5.92 Å². The zero-order chi connectivity index (χ0) is 9.54. The Kier molecular flexibility index (Phi) is 1.63. The summed E-state index contributed by atoms with van der Waals surface area (Å²) in [6.07, 6.45) is 6.86. The van der Waals surface area contributed by atoms with Crippen LogP contribution in [-0.4, -0.2) is 0 Å². The maximum Gasteiger partial charge on any atom is -0.00527 e. The lowest BCUT2D eigenvalue weighted by Crippen LogP contribution is -2.11. The molecule has 2 unspecified atom stereocenters. The summed E-state index contributed by atoms with van der Waals surface area (Å²) in [4.78, 5) is 0. The highest BCUT2D eigenvalue weighted by molar-refractivity contribution is 5.43. The molecule has 2 atom stereocenters. The molecule has 1 aromatic carbocycles. The van der Waals surface area contributed by atoms with Crippen molar-refractivity contribution in [2.45, 2.75) is 18.8 Å². The fraction of sp³-hybridized carbons (Fsp3) is 0.286. The predicted octanol–water partition coefficient (Wildman–Crippen LogP) is 3.46. The highest BCUT2D eigenvalue weighted by Gasteiger charge is 2.33. The molecule has 0 fully saturated rings. The lowest BCUT2D eigenvalue weighted by atomic mass is 9.81. The normalized spacial score (nSPS) is 28.7. The first-order valence-corrected chi connectivity index (χ1v) is 5.29. The second-order valence-electron chi connectivity index (χ2n) is 4.33. The first-order chi connectivity index (χ1) is 6.86. The van der Waals surface area contributed by atoms with E-state index in [0.29, 0.717) is 11.8 Å². The van der Waals surface area contributed by atoms with Crippen molar-refractivity contribution in [3.8, 4) is 0 Å². The fourth-order valence-corrected chi connectivity index (χ4v) is 2.85. The van der Waals surface area contributed by atoms with Crippen LogP contribution in [0.5, 0.6) is 0 Å². The molecule has 0 N–H and O–H groups in total. The van der Waals surface area contributed by atoms with E-state index in [1.54, 1.807) is 5.56 Å². The second-order valence-corrected chi connectivity index (χ2v) is 4.33. The second kappa shape index (κ2) is 2.84. The van der Waals surface area contributed by atoms with Crippen molar-refractivity contribution >= 4 is 0 Å². The number of fused-ring (bicyclic) bond motifs is 3. The van der Waals surface area contributed by atoms with E-state index >= 15 is 0 Å². The third-order valence-corrected chi connectivity index (χ3v) is 3.58.